The maximum atomic E-state index is 12.7. The minimum Gasteiger partial charge on any atom is -0.387 e. The molecule has 4 nitrogen and oxygen atoms in total. The Hall–Kier alpha value is -1.58. The third-order valence-electron chi connectivity index (χ3n) is 4.23. The number of nitrogens with zero attached hydrogens (tertiary/aromatic N) is 2. The van der Waals surface area contributed by atoms with Crippen LogP contribution in [0, 0.1) is 6.92 Å². The summed E-state index contributed by atoms with van der Waals surface area (Å²) in [5, 5.41) is 3.10. The van der Waals surface area contributed by atoms with Gasteiger partial charge in [-0.25, -0.2) is 0 Å². The Morgan fingerprint density at radius 2 is 1.95 bits per heavy atom. The SMILES string of the molecule is CNc1cc(C)ncc1C(=O)N(C)C1CCCCCC1. The monoisotopic (exact) mass is 275 g/mol. The van der Waals surface area contributed by atoms with Crippen LogP contribution in [0.2, 0.25) is 0 Å². The van der Waals surface area contributed by atoms with E-state index in [9.17, 15) is 4.79 Å². The van der Waals surface area contributed by atoms with Crippen molar-refractivity contribution >= 4 is 11.6 Å². The number of anilines is 1. The van der Waals surface area contributed by atoms with E-state index in [1.54, 1.807) is 6.20 Å². The fourth-order valence-corrected chi connectivity index (χ4v) is 2.94. The molecule has 2 rings (SSSR count). The van der Waals surface area contributed by atoms with Gasteiger partial charge in [-0.05, 0) is 25.8 Å². The fraction of sp³-hybridized carbons (Fsp3) is 0.625. The summed E-state index contributed by atoms with van der Waals surface area (Å²) in [4.78, 5) is 18.9. The van der Waals surface area contributed by atoms with Gasteiger partial charge in [-0.1, -0.05) is 25.7 Å². The van der Waals surface area contributed by atoms with Gasteiger partial charge in [0.2, 0.25) is 0 Å². The number of pyridine rings is 1. The van der Waals surface area contributed by atoms with Gasteiger partial charge in [-0.3, -0.25) is 9.78 Å². The zero-order chi connectivity index (χ0) is 14.5. The smallest absolute Gasteiger partial charge is 0.257 e. The molecule has 0 unspecified atom stereocenters. The highest BCUT2D eigenvalue weighted by Crippen LogP contribution is 2.24. The molecule has 0 bridgehead atoms. The van der Waals surface area contributed by atoms with Gasteiger partial charge < -0.3 is 10.2 Å². The van der Waals surface area contributed by atoms with Gasteiger partial charge >= 0.3 is 0 Å². The maximum absolute atomic E-state index is 12.7. The highest BCUT2D eigenvalue weighted by atomic mass is 16.2. The quantitative estimate of drug-likeness (QED) is 0.861. The van der Waals surface area contributed by atoms with Gasteiger partial charge in [0.25, 0.3) is 5.91 Å². The van der Waals surface area contributed by atoms with E-state index in [1.807, 2.05) is 32.0 Å². The Bertz CT molecular complexity index is 465. The minimum atomic E-state index is 0.0775. The molecule has 1 aliphatic carbocycles. The summed E-state index contributed by atoms with van der Waals surface area (Å²) < 4.78 is 0. The van der Waals surface area contributed by atoms with Crippen molar-refractivity contribution in [3.8, 4) is 0 Å². The van der Waals surface area contributed by atoms with Crippen LogP contribution in [-0.2, 0) is 0 Å². The Labute approximate surface area is 121 Å². The van der Waals surface area contributed by atoms with E-state index in [4.69, 9.17) is 0 Å². The first kappa shape index (κ1) is 14.8. The average molecular weight is 275 g/mol. The lowest BCUT2D eigenvalue weighted by Gasteiger charge is -2.28. The van der Waals surface area contributed by atoms with Gasteiger partial charge in [0.15, 0.2) is 0 Å². The molecule has 20 heavy (non-hydrogen) atoms. The largest absolute Gasteiger partial charge is 0.387 e. The number of aryl methyl sites for hydroxylation is 1. The second-order valence-electron chi connectivity index (χ2n) is 5.68. The summed E-state index contributed by atoms with van der Waals surface area (Å²) in [5.74, 6) is 0.0775. The highest BCUT2D eigenvalue weighted by molar-refractivity contribution is 5.99. The number of amides is 1. The molecule has 4 heteroatoms. The lowest BCUT2D eigenvalue weighted by molar-refractivity contribution is 0.0718. The maximum Gasteiger partial charge on any atom is 0.257 e. The van der Waals surface area contributed by atoms with Crippen LogP contribution < -0.4 is 5.32 Å². The lowest BCUT2D eigenvalue weighted by atomic mass is 10.1. The molecule has 0 aromatic carbocycles. The standard InChI is InChI=1S/C16H25N3O/c1-12-10-15(17-2)14(11-18-12)16(20)19(3)13-8-6-4-5-7-9-13/h10-11,13H,4-9H2,1-3H3,(H,17,18). The zero-order valence-electron chi connectivity index (χ0n) is 12.8. The molecule has 0 spiro atoms. The van der Waals surface area contributed by atoms with Crippen LogP contribution in [0.15, 0.2) is 12.3 Å². The summed E-state index contributed by atoms with van der Waals surface area (Å²) in [6, 6.07) is 2.30. The van der Waals surface area contributed by atoms with Crippen LogP contribution in [0.5, 0.6) is 0 Å². The van der Waals surface area contributed by atoms with Gasteiger partial charge in [0, 0.05) is 32.0 Å². The number of carbonyl (C=O) groups is 1. The van der Waals surface area contributed by atoms with E-state index >= 15 is 0 Å². The highest BCUT2D eigenvalue weighted by Gasteiger charge is 2.24. The predicted molar refractivity (Wildman–Crippen MR) is 82.1 cm³/mol. The summed E-state index contributed by atoms with van der Waals surface area (Å²) in [7, 11) is 3.77. The Kier molecular flexibility index (Phi) is 4.99. The van der Waals surface area contributed by atoms with Gasteiger partial charge in [0.1, 0.15) is 0 Å². The van der Waals surface area contributed by atoms with Crippen LogP contribution in [0.4, 0.5) is 5.69 Å². The molecule has 1 aromatic rings. The zero-order valence-corrected chi connectivity index (χ0v) is 12.8. The van der Waals surface area contributed by atoms with E-state index in [0.29, 0.717) is 11.6 Å². The van der Waals surface area contributed by atoms with Crippen molar-refractivity contribution in [2.24, 2.45) is 0 Å². The molecule has 0 atom stereocenters. The molecule has 1 aliphatic rings. The van der Waals surface area contributed by atoms with Gasteiger partial charge in [-0.2, -0.15) is 0 Å². The van der Waals surface area contributed by atoms with Gasteiger partial charge in [0.05, 0.1) is 11.3 Å². The fourth-order valence-electron chi connectivity index (χ4n) is 2.94. The molecule has 0 radical (unpaired) electrons. The van der Waals surface area contributed by atoms with Crippen molar-refractivity contribution < 1.29 is 4.79 Å². The second-order valence-corrected chi connectivity index (χ2v) is 5.68. The number of aromatic nitrogens is 1. The number of nitrogens with one attached hydrogen (secondary N) is 1. The first-order valence-electron chi connectivity index (χ1n) is 7.55. The Morgan fingerprint density at radius 1 is 1.30 bits per heavy atom. The predicted octanol–water partition coefficient (Wildman–Crippen LogP) is 3.23. The van der Waals surface area contributed by atoms with Crippen LogP contribution in [0.3, 0.4) is 0 Å². The van der Waals surface area contributed by atoms with E-state index in [2.05, 4.69) is 10.3 Å². The van der Waals surface area contributed by atoms with E-state index in [0.717, 1.165) is 24.2 Å². The molecule has 1 N–H and O–H groups in total. The van der Waals surface area contributed by atoms with Crippen molar-refractivity contribution in [2.75, 3.05) is 19.4 Å². The van der Waals surface area contributed by atoms with Crippen LogP contribution >= 0.6 is 0 Å². The topological polar surface area (TPSA) is 45.2 Å². The van der Waals surface area contributed by atoms with Crippen molar-refractivity contribution in [3.63, 3.8) is 0 Å². The first-order valence-corrected chi connectivity index (χ1v) is 7.55. The van der Waals surface area contributed by atoms with Crippen molar-refractivity contribution in [3.05, 3.63) is 23.5 Å². The van der Waals surface area contributed by atoms with E-state index in [-0.39, 0.29) is 5.91 Å². The third kappa shape index (κ3) is 3.30. The normalized spacial score (nSPS) is 16.6. The number of rotatable bonds is 3. The van der Waals surface area contributed by atoms with E-state index < -0.39 is 0 Å². The number of hydrogen-bond acceptors (Lipinski definition) is 3. The molecule has 1 heterocycles. The summed E-state index contributed by atoms with van der Waals surface area (Å²) in [5.41, 5.74) is 2.45. The summed E-state index contributed by atoms with van der Waals surface area (Å²) in [6.07, 6.45) is 8.99. The molecular weight excluding hydrogens is 250 g/mol. The van der Waals surface area contributed by atoms with Crippen LogP contribution in [0.25, 0.3) is 0 Å². The minimum absolute atomic E-state index is 0.0775. The van der Waals surface area contributed by atoms with Crippen molar-refractivity contribution in [1.82, 2.24) is 9.88 Å². The lowest BCUT2D eigenvalue weighted by Crippen LogP contribution is -2.37. The molecule has 1 fully saturated rings. The second kappa shape index (κ2) is 6.73. The summed E-state index contributed by atoms with van der Waals surface area (Å²) >= 11 is 0. The van der Waals surface area contributed by atoms with Crippen molar-refractivity contribution in [1.29, 1.82) is 0 Å². The van der Waals surface area contributed by atoms with Crippen molar-refractivity contribution in [2.45, 2.75) is 51.5 Å². The summed E-state index contributed by atoms with van der Waals surface area (Å²) in [6.45, 7) is 1.93. The van der Waals surface area contributed by atoms with Crippen LogP contribution in [0.1, 0.15) is 54.6 Å². The average Bonchev–Trinajstić information content (AvgIpc) is 2.74. The third-order valence-corrected chi connectivity index (χ3v) is 4.23. The van der Waals surface area contributed by atoms with E-state index in [1.165, 1.54) is 25.7 Å². The molecule has 1 saturated carbocycles. The van der Waals surface area contributed by atoms with Gasteiger partial charge in [-0.15, -0.1) is 0 Å². The molecule has 0 saturated heterocycles. The Balaban J connectivity index is 2.17. The molecule has 1 amide bonds. The molecule has 1 aromatic heterocycles. The molecular formula is C16H25N3O. The molecule has 110 valence electrons. The number of hydrogen-bond donors (Lipinski definition) is 1. The first-order chi connectivity index (χ1) is 9.63. The Morgan fingerprint density at radius 3 is 2.55 bits per heavy atom. The molecule has 0 aliphatic heterocycles. The van der Waals surface area contributed by atoms with Crippen LogP contribution in [-0.4, -0.2) is 35.9 Å². The number of carbonyl (C=O) groups excluding carboxylic acids is 1.